The molecule has 0 saturated heterocycles. The summed E-state index contributed by atoms with van der Waals surface area (Å²) >= 11 is 0. The van der Waals surface area contributed by atoms with Crippen LogP contribution in [0.5, 0.6) is 5.75 Å². The molecule has 0 aliphatic rings. The quantitative estimate of drug-likeness (QED) is 0.596. The summed E-state index contributed by atoms with van der Waals surface area (Å²) in [6, 6.07) is 23.1. The third-order valence-corrected chi connectivity index (χ3v) is 5.25. The van der Waals surface area contributed by atoms with E-state index in [9.17, 15) is 13.2 Å². The van der Waals surface area contributed by atoms with Crippen molar-refractivity contribution in [1.82, 2.24) is 5.32 Å². The molecule has 3 rings (SSSR count). The van der Waals surface area contributed by atoms with Crippen LogP contribution in [0.15, 0.2) is 83.8 Å². The molecule has 0 heterocycles. The maximum absolute atomic E-state index is 12.3. The van der Waals surface area contributed by atoms with Crippen molar-refractivity contribution in [3.05, 3.63) is 95.6 Å². The molecule has 0 radical (unpaired) electrons. The second-order valence-corrected chi connectivity index (χ2v) is 8.05. The standard InChI is InChI=1S/C22H22N2O4S/c23-29(26,27)21-12-8-17(9-13-21)14-15-24-22(25)19-10-6-18(7-11-19)16-28-20-4-2-1-3-5-20/h1-13H,14-16H2,(H,24,25)(H2,23,26,27). The zero-order valence-corrected chi connectivity index (χ0v) is 16.6. The molecule has 0 fully saturated rings. The molecule has 7 heteroatoms. The lowest BCUT2D eigenvalue weighted by Crippen LogP contribution is -2.25. The number of hydrogen-bond donors (Lipinski definition) is 2. The highest BCUT2D eigenvalue weighted by molar-refractivity contribution is 7.89. The van der Waals surface area contributed by atoms with Gasteiger partial charge < -0.3 is 10.1 Å². The summed E-state index contributed by atoms with van der Waals surface area (Å²) in [7, 11) is -3.69. The topological polar surface area (TPSA) is 98.5 Å². The average Bonchev–Trinajstić information content (AvgIpc) is 2.73. The smallest absolute Gasteiger partial charge is 0.251 e. The Morgan fingerprint density at radius 2 is 1.48 bits per heavy atom. The number of primary sulfonamides is 1. The van der Waals surface area contributed by atoms with Crippen LogP contribution < -0.4 is 15.2 Å². The fourth-order valence-electron chi connectivity index (χ4n) is 2.70. The van der Waals surface area contributed by atoms with Gasteiger partial charge >= 0.3 is 0 Å². The average molecular weight is 410 g/mol. The second kappa shape index (κ2) is 9.36. The minimum atomic E-state index is -3.69. The number of carbonyl (C=O) groups excluding carboxylic acids is 1. The van der Waals surface area contributed by atoms with Gasteiger partial charge in [-0.05, 0) is 53.9 Å². The Balaban J connectivity index is 1.47. The minimum absolute atomic E-state index is 0.0709. The molecule has 0 unspecified atom stereocenters. The van der Waals surface area contributed by atoms with Crippen LogP contribution in [-0.4, -0.2) is 20.9 Å². The molecule has 0 aromatic heterocycles. The number of rotatable bonds is 8. The van der Waals surface area contributed by atoms with Gasteiger partial charge in [0.1, 0.15) is 12.4 Å². The Bertz CT molecular complexity index is 1050. The molecule has 0 saturated carbocycles. The third-order valence-electron chi connectivity index (χ3n) is 4.32. The van der Waals surface area contributed by atoms with Crippen LogP contribution in [0.1, 0.15) is 21.5 Å². The maximum atomic E-state index is 12.3. The van der Waals surface area contributed by atoms with E-state index in [1.165, 1.54) is 12.1 Å². The highest BCUT2D eigenvalue weighted by Gasteiger charge is 2.08. The van der Waals surface area contributed by atoms with Gasteiger partial charge in [-0.2, -0.15) is 0 Å². The Morgan fingerprint density at radius 1 is 0.862 bits per heavy atom. The maximum Gasteiger partial charge on any atom is 0.251 e. The molecular formula is C22H22N2O4S. The van der Waals surface area contributed by atoms with E-state index in [0.29, 0.717) is 25.1 Å². The van der Waals surface area contributed by atoms with E-state index in [0.717, 1.165) is 16.9 Å². The van der Waals surface area contributed by atoms with Gasteiger partial charge in [0, 0.05) is 12.1 Å². The summed E-state index contributed by atoms with van der Waals surface area (Å²) in [6.07, 6.45) is 0.583. The Hall–Kier alpha value is -3.16. The van der Waals surface area contributed by atoms with Gasteiger partial charge in [0.05, 0.1) is 4.90 Å². The van der Waals surface area contributed by atoms with Crippen molar-refractivity contribution >= 4 is 15.9 Å². The summed E-state index contributed by atoms with van der Waals surface area (Å²) in [4.78, 5) is 12.3. The summed E-state index contributed by atoms with van der Waals surface area (Å²) in [6.45, 7) is 0.868. The summed E-state index contributed by atoms with van der Waals surface area (Å²) in [5.41, 5.74) is 2.45. The first-order valence-corrected chi connectivity index (χ1v) is 10.6. The number of benzene rings is 3. The highest BCUT2D eigenvalue weighted by atomic mass is 32.2. The van der Waals surface area contributed by atoms with Crippen LogP contribution in [0.25, 0.3) is 0 Å². The first-order chi connectivity index (χ1) is 13.9. The van der Waals surface area contributed by atoms with Crippen molar-refractivity contribution in [3.63, 3.8) is 0 Å². The number of hydrogen-bond acceptors (Lipinski definition) is 4. The predicted octanol–water partition coefficient (Wildman–Crippen LogP) is 2.89. The number of carbonyl (C=O) groups is 1. The fraction of sp³-hybridized carbons (Fsp3) is 0.136. The minimum Gasteiger partial charge on any atom is -0.489 e. The fourth-order valence-corrected chi connectivity index (χ4v) is 3.22. The molecule has 0 atom stereocenters. The van der Waals surface area contributed by atoms with E-state index in [1.54, 1.807) is 24.3 Å². The Kier molecular flexibility index (Phi) is 6.64. The Morgan fingerprint density at radius 3 is 2.10 bits per heavy atom. The van der Waals surface area contributed by atoms with E-state index in [1.807, 2.05) is 42.5 Å². The molecule has 29 heavy (non-hydrogen) atoms. The van der Waals surface area contributed by atoms with Gasteiger partial charge in [-0.25, -0.2) is 13.6 Å². The molecule has 3 N–H and O–H groups in total. The zero-order valence-electron chi connectivity index (χ0n) is 15.7. The number of sulfonamides is 1. The van der Waals surface area contributed by atoms with Crippen molar-refractivity contribution in [1.29, 1.82) is 0 Å². The normalized spacial score (nSPS) is 11.1. The lowest BCUT2D eigenvalue weighted by atomic mass is 10.1. The van der Waals surface area contributed by atoms with E-state index in [2.05, 4.69) is 5.32 Å². The van der Waals surface area contributed by atoms with Crippen LogP contribution in [0.4, 0.5) is 0 Å². The van der Waals surface area contributed by atoms with E-state index < -0.39 is 10.0 Å². The molecular weight excluding hydrogens is 388 g/mol. The van der Waals surface area contributed by atoms with Gasteiger partial charge in [-0.1, -0.05) is 42.5 Å². The van der Waals surface area contributed by atoms with Crippen molar-refractivity contribution in [3.8, 4) is 5.75 Å². The SMILES string of the molecule is NS(=O)(=O)c1ccc(CCNC(=O)c2ccc(COc3ccccc3)cc2)cc1. The van der Waals surface area contributed by atoms with E-state index >= 15 is 0 Å². The summed E-state index contributed by atoms with van der Waals surface area (Å²) in [5, 5.41) is 7.93. The number of ether oxygens (including phenoxy) is 1. The van der Waals surface area contributed by atoms with Gasteiger partial charge in [-0.3, -0.25) is 4.79 Å². The molecule has 1 amide bonds. The van der Waals surface area contributed by atoms with Crippen molar-refractivity contribution in [2.75, 3.05) is 6.54 Å². The first-order valence-electron chi connectivity index (χ1n) is 9.08. The van der Waals surface area contributed by atoms with Crippen LogP contribution in [0.3, 0.4) is 0 Å². The van der Waals surface area contributed by atoms with Gasteiger partial charge in [0.2, 0.25) is 10.0 Å². The van der Waals surface area contributed by atoms with Crippen molar-refractivity contribution in [2.45, 2.75) is 17.9 Å². The molecule has 0 bridgehead atoms. The lowest BCUT2D eigenvalue weighted by molar-refractivity contribution is 0.0954. The van der Waals surface area contributed by atoms with E-state index in [4.69, 9.17) is 9.88 Å². The van der Waals surface area contributed by atoms with Crippen LogP contribution in [0.2, 0.25) is 0 Å². The number of nitrogens with one attached hydrogen (secondary N) is 1. The second-order valence-electron chi connectivity index (χ2n) is 6.49. The number of nitrogens with two attached hydrogens (primary N) is 1. The number of amides is 1. The van der Waals surface area contributed by atoms with Crippen molar-refractivity contribution < 1.29 is 17.9 Å². The first kappa shape index (κ1) is 20.6. The molecule has 3 aromatic rings. The zero-order chi connectivity index (χ0) is 20.7. The van der Waals surface area contributed by atoms with Crippen LogP contribution in [-0.2, 0) is 23.1 Å². The summed E-state index contributed by atoms with van der Waals surface area (Å²) in [5.74, 6) is 0.632. The van der Waals surface area contributed by atoms with Gasteiger partial charge in [0.25, 0.3) is 5.91 Å². The van der Waals surface area contributed by atoms with Crippen molar-refractivity contribution in [2.24, 2.45) is 5.14 Å². The molecule has 0 spiro atoms. The largest absolute Gasteiger partial charge is 0.489 e. The third kappa shape index (κ3) is 6.17. The molecule has 150 valence electrons. The molecule has 3 aromatic carbocycles. The number of para-hydroxylation sites is 1. The Labute approximate surface area is 170 Å². The molecule has 0 aliphatic heterocycles. The highest BCUT2D eigenvalue weighted by Crippen LogP contribution is 2.13. The predicted molar refractivity (Wildman–Crippen MR) is 111 cm³/mol. The van der Waals surface area contributed by atoms with Crippen LogP contribution in [0, 0.1) is 0 Å². The van der Waals surface area contributed by atoms with Gasteiger partial charge in [-0.15, -0.1) is 0 Å². The molecule has 6 nitrogen and oxygen atoms in total. The molecule has 0 aliphatic carbocycles. The van der Waals surface area contributed by atoms with E-state index in [-0.39, 0.29) is 10.8 Å². The lowest BCUT2D eigenvalue weighted by Gasteiger charge is -2.08. The van der Waals surface area contributed by atoms with Crippen LogP contribution >= 0.6 is 0 Å². The monoisotopic (exact) mass is 410 g/mol. The van der Waals surface area contributed by atoms with Gasteiger partial charge in [0.15, 0.2) is 0 Å². The summed E-state index contributed by atoms with van der Waals surface area (Å²) < 4.78 is 28.2.